The Morgan fingerprint density at radius 2 is 1.72 bits per heavy atom. The van der Waals surface area contributed by atoms with Crippen LogP contribution in [0.4, 0.5) is 0 Å². The molecule has 0 radical (unpaired) electrons. The first-order valence-electron chi connectivity index (χ1n) is 9.97. The normalized spacial score (nSPS) is 10.7. The third kappa shape index (κ3) is 6.46. The van der Waals surface area contributed by atoms with E-state index < -0.39 is 5.97 Å². The molecule has 3 aromatic carbocycles. The lowest BCUT2D eigenvalue weighted by Crippen LogP contribution is -2.03. The first-order chi connectivity index (χ1) is 15.5. The van der Waals surface area contributed by atoms with Gasteiger partial charge in [0.25, 0.3) is 0 Å². The van der Waals surface area contributed by atoms with Gasteiger partial charge in [-0.15, -0.1) is 0 Å². The van der Waals surface area contributed by atoms with E-state index in [1.165, 1.54) is 20.1 Å². The summed E-state index contributed by atoms with van der Waals surface area (Å²) in [6.07, 6.45) is 3.25. The second-order valence-electron chi connectivity index (χ2n) is 6.98. The van der Waals surface area contributed by atoms with Crippen LogP contribution in [0.1, 0.15) is 23.6 Å². The van der Waals surface area contributed by atoms with Crippen molar-refractivity contribution < 1.29 is 23.8 Å². The lowest BCUT2D eigenvalue weighted by Gasteiger charge is -2.11. The van der Waals surface area contributed by atoms with Gasteiger partial charge in [-0.3, -0.25) is 9.59 Å². The number of rotatable bonds is 9. The Bertz CT molecular complexity index is 1120. The third-order valence-corrected chi connectivity index (χ3v) is 4.98. The number of carbonyl (C=O) groups is 2. The van der Waals surface area contributed by atoms with Crippen LogP contribution in [-0.4, -0.2) is 18.9 Å². The minimum absolute atomic E-state index is 0.128. The first kappa shape index (κ1) is 23.1. The molecule has 0 N–H and O–H groups in total. The van der Waals surface area contributed by atoms with E-state index in [-0.39, 0.29) is 12.2 Å². The molecule has 0 aliphatic heterocycles. The van der Waals surface area contributed by atoms with Crippen molar-refractivity contribution in [1.82, 2.24) is 0 Å². The van der Waals surface area contributed by atoms with Gasteiger partial charge in [0.1, 0.15) is 12.4 Å². The van der Waals surface area contributed by atoms with Crippen molar-refractivity contribution >= 4 is 29.4 Å². The molecule has 0 saturated carbocycles. The van der Waals surface area contributed by atoms with E-state index in [1.54, 1.807) is 36.4 Å². The number of carbonyl (C=O) groups excluding carboxylic acids is 2. The molecule has 0 unspecified atom stereocenters. The van der Waals surface area contributed by atoms with E-state index in [9.17, 15) is 9.59 Å². The Balaban J connectivity index is 1.67. The predicted molar refractivity (Wildman–Crippen MR) is 124 cm³/mol. The fourth-order valence-electron chi connectivity index (χ4n) is 3.01. The average Bonchev–Trinajstić information content (AvgIpc) is 2.79. The maximum Gasteiger partial charge on any atom is 0.308 e. The Hall–Kier alpha value is -3.57. The van der Waals surface area contributed by atoms with Gasteiger partial charge in [-0.1, -0.05) is 66.2 Å². The third-order valence-electron chi connectivity index (χ3n) is 4.55. The lowest BCUT2D eigenvalue weighted by atomic mass is 10.1. The number of esters is 1. The Morgan fingerprint density at radius 1 is 0.938 bits per heavy atom. The van der Waals surface area contributed by atoms with Crippen molar-refractivity contribution in [3.05, 3.63) is 94.5 Å². The van der Waals surface area contributed by atoms with Crippen molar-refractivity contribution in [3.8, 4) is 17.2 Å². The highest BCUT2D eigenvalue weighted by molar-refractivity contribution is 6.33. The maximum absolute atomic E-state index is 12.5. The SMILES string of the molecule is COc1ccc(/C=C/C(=O)Cc2cccc(OCc3ccccc3)c2Cl)cc1OC(C)=O. The van der Waals surface area contributed by atoms with Crippen LogP contribution < -0.4 is 14.2 Å². The molecule has 5 nitrogen and oxygen atoms in total. The van der Waals surface area contributed by atoms with Crippen LogP contribution in [-0.2, 0) is 22.6 Å². The number of halogens is 1. The molecule has 164 valence electrons. The molecular weight excluding hydrogens is 428 g/mol. The van der Waals surface area contributed by atoms with E-state index in [1.807, 2.05) is 36.4 Å². The molecule has 0 bridgehead atoms. The molecule has 3 aromatic rings. The quantitative estimate of drug-likeness (QED) is 0.238. The van der Waals surface area contributed by atoms with Gasteiger partial charge >= 0.3 is 5.97 Å². The number of hydrogen-bond acceptors (Lipinski definition) is 5. The molecule has 6 heteroatoms. The lowest BCUT2D eigenvalue weighted by molar-refractivity contribution is -0.132. The molecule has 0 heterocycles. The van der Waals surface area contributed by atoms with Crippen molar-refractivity contribution in [2.24, 2.45) is 0 Å². The number of hydrogen-bond donors (Lipinski definition) is 0. The largest absolute Gasteiger partial charge is 0.493 e. The van der Waals surface area contributed by atoms with Gasteiger partial charge < -0.3 is 14.2 Å². The van der Waals surface area contributed by atoms with Crippen LogP contribution in [0.15, 0.2) is 72.8 Å². The summed E-state index contributed by atoms with van der Waals surface area (Å²) in [5.74, 6) is 0.677. The molecule has 0 aliphatic rings. The highest BCUT2D eigenvalue weighted by Crippen LogP contribution is 2.30. The van der Waals surface area contributed by atoms with Crippen molar-refractivity contribution in [2.75, 3.05) is 7.11 Å². The van der Waals surface area contributed by atoms with Gasteiger partial charge in [0.15, 0.2) is 17.3 Å². The summed E-state index contributed by atoms with van der Waals surface area (Å²) in [6.45, 7) is 1.70. The second-order valence-corrected chi connectivity index (χ2v) is 7.36. The summed E-state index contributed by atoms with van der Waals surface area (Å²) < 4.78 is 16.2. The van der Waals surface area contributed by atoms with E-state index in [2.05, 4.69) is 0 Å². The summed E-state index contributed by atoms with van der Waals surface area (Å²) in [5.41, 5.74) is 2.41. The molecule has 0 amide bonds. The number of ether oxygens (including phenoxy) is 3. The molecule has 0 spiro atoms. The number of allylic oxidation sites excluding steroid dienone is 1. The molecule has 3 rings (SSSR count). The van der Waals surface area contributed by atoms with Gasteiger partial charge in [-0.25, -0.2) is 0 Å². The molecule has 0 atom stereocenters. The zero-order chi connectivity index (χ0) is 22.9. The van der Waals surface area contributed by atoms with Crippen molar-refractivity contribution in [2.45, 2.75) is 20.0 Å². The summed E-state index contributed by atoms with van der Waals surface area (Å²) in [7, 11) is 1.49. The van der Waals surface area contributed by atoms with E-state index in [4.69, 9.17) is 25.8 Å². The van der Waals surface area contributed by atoms with Crippen molar-refractivity contribution in [3.63, 3.8) is 0 Å². The monoisotopic (exact) mass is 450 g/mol. The van der Waals surface area contributed by atoms with Crippen LogP contribution in [0.5, 0.6) is 17.2 Å². The number of methoxy groups -OCH3 is 1. The highest BCUT2D eigenvalue weighted by atomic mass is 35.5. The topological polar surface area (TPSA) is 61.8 Å². The fourth-order valence-corrected chi connectivity index (χ4v) is 3.25. The molecule has 0 aromatic heterocycles. The summed E-state index contributed by atoms with van der Waals surface area (Å²) in [6, 6.07) is 20.2. The van der Waals surface area contributed by atoms with Gasteiger partial charge in [0, 0.05) is 13.3 Å². The Kier molecular flexibility index (Phi) is 8.06. The molecular formula is C26H23ClO5. The van der Waals surface area contributed by atoms with E-state index in [0.29, 0.717) is 40.0 Å². The highest BCUT2D eigenvalue weighted by Gasteiger charge is 2.11. The summed E-state index contributed by atoms with van der Waals surface area (Å²) in [5, 5.41) is 0.423. The average molecular weight is 451 g/mol. The fraction of sp³-hybridized carbons (Fsp3) is 0.154. The molecule has 0 fully saturated rings. The van der Waals surface area contributed by atoms with Crippen LogP contribution in [0, 0.1) is 0 Å². The van der Waals surface area contributed by atoms with Crippen LogP contribution in [0.3, 0.4) is 0 Å². The Morgan fingerprint density at radius 3 is 2.44 bits per heavy atom. The predicted octanol–water partition coefficient (Wildman–Crippen LogP) is 5.68. The first-order valence-corrected chi connectivity index (χ1v) is 10.4. The smallest absolute Gasteiger partial charge is 0.308 e. The second kappa shape index (κ2) is 11.2. The standard InChI is InChI=1S/C26H23ClO5/c1-18(28)32-25-15-19(12-14-23(25)30-2)11-13-22(29)16-21-9-6-10-24(26(21)27)31-17-20-7-4-3-5-8-20/h3-15H,16-17H2,1-2H3/b13-11+. The van der Waals surface area contributed by atoms with Crippen LogP contribution >= 0.6 is 11.6 Å². The Labute approximate surface area is 192 Å². The molecule has 32 heavy (non-hydrogen) atoms. The number of benzene rings is 3. The minimum atomic E-state index is -0.454. The summed E-state index contributed by atoms with van der Waals surface area (Å²) >= 11 is 6.48. The zero-order valence-corrected chi connectivity index (χ0v) is 18.6. The van der Waals surface area contributed by atoms with Gasteiger partial charge in [-0.2, -0.15) is 0 Å². The molecule has 0 aliphatic carbocycles. The number of ketones is 1. The van der Waals surface area contributed by atoms with E-state index >= 15 is 0 Å². The van der Waals surface area contributed by atoms with Crippen molar-refractivity contribution in [1.29, 1.82) is 0 Å². The zero-order valence-electron chi connectivity index (χ0n) is 17.8. The van der Waals surface area contributed by atoms with Crippen LogP contribution in [0.25, 0.3) is 6.08 Å². The van der Waals surface area contributed by atoms with Gasteiger partial charge in [0.05, 0.1) is 12.1 Å². The van der Waals surface area contributed by atoms with Gasteiger partial charge in [-0.05, 0) is 41.0 Å². The minimum Gasteiger partial charge on any atom is -0.493 e. The summed E-state index contributed by atoms with van der Waals surface area (Å²) in [4.78, 5) is 23.8. The van der Waals surface area contributed by atoms with Crippen LogP contribution in [0.2, 0.25) is 5.02 Å². The maximum atomic E-state index is 12.5. The van der Waals surface area contributed by atoms with Gasteiger partial charge in [0.2, 0.25) is 0 Å². The van der Waals surface area contributed by atoms with E-state index in [0.717, 1.165) is 5.56 Å². The molecule has 0 saturated heterocycles.